The zero-order chi connectivity index (χ0) is 32.1. The van der Waals surface area contributed by atoms with Crippen LogP contribution in [0.1, 0.15) is 51.0 Å². The Hall–Kier alpha value is -4.06. The first-order valence-corrected chi connectivity index (χ1v) is 15.4. The summed E-state index contributed by atoms with van der Waals surface area (Å²) in [6.07, 6.45) is 1.40. The summed E-state index contributed by atoms with van der Waals surface area (Å²) in [6.45, 7) is 4.46. The van der Waals surface area contributed by atoms with E-state index in [0.29, 0.717) is 29.0 Å². The van der Waals surface area contributed by atoms with Crippen LogP contribution in [0.25, 0.3) is 5.52 Å². The summed E-state index contributed by atoms with van der Waals surface area (Å²) >= 11 is 0. The van der Waals surface area contributed by atoms with Gasteiger partial charge in [-0.15, -0.1) is 0 Å². The minimum atomic E-state index is -4.30. The summed E-state index contributed by atoms with van der Waals surface area (Å²) < 4.78 is 43.1. The van der Waals surface area contributed by atoms with Gasteiger partial charge in [0.2, 0.25) is 0 Å². The van der Waals surface area contributed by atoms with E-state index >= 15 is 0 Å². The first-order valence-electron chi connectivity index (χ1n) is 13.9. The van der Waals surface area contributed by atoms with Gasteiger partial charge in [-0.2, -0.15) is 15.4 Å². The topological polar surface area (TPSA) is 215 Å². The number of rotatable bonds is 13. The van der Waals surface area contributed by atoms with Gasteiger partial charge in [0.1, 0.15) is 48.5 Å². The molecule has 1 unspecified atom stereocenters. The van der Waals surface area contributed by atoms with E-state index < -0.39 is 50.1 Å². The molecule has 0 spiro atoms. The van der Waals surface area contributed by atoms with Crippen molar-refractivity contribution in [2.75, 3.05) is 19.5 Å². The second kappa shape index (κ2) is 13.7. The maximum absolute atomic E-state index is 14.0. The van der Waals surface area contributed by atoms with Crippen LogP contribution in [0.5, 0.6) is 5.75 Å². The van der Waals surface area contributed by atoms with Gasteiger partial charge in [0.05, 0.1) is 18.9 Å². The van der Waals surface area contributed by atoms with Crippen molar-refractivity contribution < 1.29 is 37.4 Å². The number of fused-ring (bicyclic) bond motifs is 1. The Labute approximate surface area is 254 Å². The number of esters is 2. The number of hydrogen-bond acceptors (Lipinski definition) is 13. The number of nitriles is 1. The van der Waals surface area contributed by atoms with Crippen LogP contribution in [-0.2, 0) is 39.3 Å². The molecule has 4 rings (SSSR count). The summed E-state index contributed by atoms with van der Waals surface area (Å²) in [6, 6.07) is 10.1. The number of benzene rings is 1. The van der Waals surface area contributed by atoms with E-state index in [1.165, 1.54) is 32.5 Å². The van der Waals surface area contributed by atoms with Crippen molar-refractivity contribution in [1.82, 2.24) is 19.7 Å². The van der Waals surface area contributed by atoms with Gasteiger partial charge in [0.25, 0.3) is 0 Å². The second-order valence-electron chi connectivity index (χ2n) is 10.6. The molecule has 44 heavy (non-hydrogen) atoms. The zero-order valence-electron chi connectivity index (χ0n) is 24.8. The van der Waals surface area contributed by atoms with Gasteiger partial charge >= 0.3 is 19.7 Å². The summed E-state index contributed by atoms with van der Waals surface area (Å²) in [7, 11) is -3.11. The van der Waals surface area contributed by atoms with Crippen LogP contribution in [0.4, 0.5) is 5.82 Å². The molecule has 1 aromatic carbocycles. The number of carbonyl (C=O) groups is 2. The maximum Gasteiger partial charge on any atom is 0.459 e. The molecule has 236 valence electrons. The Bertz CT molecular complexity index is 1570. The highest BCUT2D eigenvalue weighted by Gasteiger charge is 2.45. The zero-order valence-corrected chi connectivity index (χ0v) is 25.7. The molecule has 5 N–H and O–H groups in total. The third-order valence-corrected chi connectivity index (χ3v) is 8.48. The van der Waals surface area contributed by atoms with E-state index in [0.717, 1.165) is 0 Å². The van der Waals surface area contributed by atoms with Crippen LogP contribution in [0.2, 0.25) is 0 Å². The molecular formula is C28H36N7O8P. The number of nitrogens with two attached hydrogens (primary N) is 2. The number of nitrogen functional groups attached to an aromatic ring is 1. The molecule has 0 aliphatic carbocycles. The molecule has 3 heterocycles. The van der Waals surface area contributed by atoms with Gasteiger partial charge in [-0.05, 0) is 69.9 Å². The van der Waals surface area contributed by atoms with Gasteiger partial charge in [0.15, 0.2) is 11.4 Å². The van der Waals surface area contributed by atoms with Crippen LogP contribution in [-0.4, -0.2) is 64.0 Å². The smallest absolute Gasteiger partial charge is 0.459 e. The third kappa shape index (κ3) is 7.71. The monoisotopic (exact) mass is 629 g/mol. The molecule has 16 heteroatoms. The lowest BCUT2D eigenvalue weighted by Gasteiger charge is -2.27. The normalized spacial score (nSPS) is 20.9. The molecule has 5 atom stereocenters. The molecule has 1 fully saturated rings. The van der Waals surface area contributed by atoms with Crippen molar-refractivity contribution >= 4 is 31.0 Å². The van der Waals surface area contributed by atoms with Crippen LogP contribution in [0.3, 0.4) is 0 Å². The molecule has 1 saturated heterocycles. The van der Waals surface area contributed by atoms with Gasteiger partial charge in [-0.3, -0.25) is 14.1 Å². The van der Waals surface area contributed by atoms with Gasteiger partial charge < -0.3 is 30.2 Å². The molecule has 1 aliphatic rings. The Morgan fingerprint density at radius 1 is 1.23 bits per heavy atom. The minimum absolute atomic E-state index is 0.133. The van der Waals surface area contributed by atoms with Crippen molar-refractivity contribution in [2.24, 2.45) is 5.73 Å². The summed E-state index contributed by atoms with van der Waals surface area (Å²) in [5, 5.41) is 16.9. The standard InChI is InChI=1S/C28H36N7O8P/c1-17(2)41-27(37)21(30)13-19-5-7-20(8-6-19)43-44(38,34-18(3)26(36)39-4)40-15-28(14-29)12-11-24(42-28)22-9-10-23-25(31)32-16-33-35(22)23/h5-10,16-18,21,24H,11-13,15,30H2,1-4H3,(H,34,38)(H2,31,32,33)/t18-,21-,24+,28+,44?/m0/s1. The minimum Gasteiger partial charge on any atom is -0.468 e. The van der Waals surface area contributed by atoms with Crippen LogP contribution in [0, 0.1) is 11.3 Å². The molecule has 0 saturated carbocycles. The number of aromatic nitrogens is 3. The Kier molecular flexibility index (Phi) is 10.2. The predicted molar refractivity (Wildman–Crippen MR) is 157 cm³/mol. The van der Waals surface area contributed by atoms with E-state index in [1.54, 1.807) is 42.6 Å². The number of nitrogens with one attached hydrogen (secondary N) is 1. The van der Waals surface area contributed by atoms with Gasteiger partial charge in [-0.1, -0.05) is 12.1 Å². The highest BCUT2D eigenvalue weighted by Crippen LogP contribution is 2.48. The highest BCUT2D eigenvalue weighted by atomic mass is 31.2. The van der Waals surface area contributed by atoms with E-state index in [4.69, 9.17) is 34.7 Å². The number of nitrogens with zero attached hydrogens (tertiary/aromatic N) is 4. The number of ether oxygens (including phenoxy) is 3. The fourth-order valence-electron chi connectivity index (χ4n) is 4.63. The fraction of sp³-hybridized carbons (Fsp3) is 0.464. The van der Waals surface area contributed by atoms with E-state index in [2.05, 4.69) is 21.2 Å². The average Bonchev–Trinajstić information content (AvgIpc) is 3.62. The van der Waals surface area contributed by atoms with E-state index in [9.17, 15) is 19.4 Å². The Balaban J connectivity index is 1.48. The lowest BCUT2D eigenvalue weighted by Crippen LogP contribution is -2.37. The third-order valence-electron chi connectivity index (χ3n) is 6.86. The lowest BCUT2D eigenvalue weighted by atomic mass is 10.0. The van der Waals surface area contributed by atoms with Gasteiger partial charge in [0, 0.05) is 0 Å². The molecular weight excluding hydrogens is 593 g/mol. The predicted octanol–water partition coefficient (Wildman–Crippen LogP) is 2.60. The molecule has 15 nitrogen and oxygen atoms in total. The van der Waals surface area contributed by atoms with Crippen LogP contribution in [0.15, 0.2) is 42.7 Å². The van der Waals surface area contributed by atoms with Gasteiger partial charge in [-0.25, -0.2) is 14.1 Å². The van der Waals surface area contributed by atoms with Crippen LogP contribution < -0.4 is 21.1 Å². The molecule has 0 bridgehead atoms. The molecule has 1 aliphatic heterocycles. The molecule has 0 amide bonds. The SMILES string of the molecule is COC(=O)[C@H](C)NP(=O)(OC[C@]1(C#N)CC[C@H](c2ccc3c(N)ncnn23)O1)Oc1ccc(C[C@H](N)C(=O)OC(C)C)cc1. The van der Waals surface area contributed by atoms with Crippen molar-refractivity contribution in [3.8, 4) is 11.8 Å². The first kappa shape index (κ1) is 32.8. The molecule has 3 aromatic rings. The quantitative estimate of drug-likeness (QED) is 0.183. The number of hydrogen-bond donors (Lipinski definition) is 3. The molecule has 2 aromatic heterocycles. The van der Waals surface area contributed by atoms with Crippen molar-refractivity contribution in [3.63, 3.8) is 0 Å². The summed E-state index contributed by atoms with van der Waals surface area (Å²) in [4.78, 5) is 28.2. The number of methoxy groups -OCH3 is 1. The Morgan fingerprint density at radius 2 is 1.95 bits per heavy atom. The first-order chi connectivity index (χ1) is 20.9. The van der Waals surface area contributed by atoms with Crippen molar-refractivity contribution in [2.45, 2.75) is 69.9 Å². The van der Waals surface area contributed by atoms with Crippen molar-refractivity contribution in [1.29, 1.82) is 5.26 Å². The largest absolute Gasteiger partial charge is 0.468 e. The summed E-state index contributed by atoms with van der Waals surface area (Å²) in [5.41, 5.74) is 12.4. The fourth-order valence-corrected chi connectivity index (χ4v) is 6.17. The lowest BCUT2D eigenvalue weighted by molar-refractivity contribution is -0.149. The second-order valence-corrected chi connectivity index (χ2v) is 12.3. The van der Waals surface area contributed by atoms with E-state index in [-0.39, 0.29) is 24.7 Å². The highest BCUT2D eigenvalue weighted by molar-refractivity contribution is 7.52. The average molecular weight is 630 g/mol. The van der Waals surface area contributed by atoms with Crippen molar-refractivity contribution in [3.05, 3.63) is 54.0 Å². The van der Waals surface area contributed by atoms with E-state index in [1.807, 2.05) is 0 Å². The number of carbonyl (C=O) groups excluding carboxylic acids is 2. The Morgan fingerprint density at radius 3 is 2.61 bits per heavy atom. The maximum atomic E-state index is 14.0. The summed E-state index contributed by atoms with van der Waals surface area (Å²) in [5.74, 6) is -0.797. The number of anilines is 1. The van der Waals surface area contributed by atoms with Crippen LogP contribution >= 0.6 is 7.75 Å². The molecule has 0 radical (unpaired) electrons.